The molecule has 2 N–H and O–H groups in total. The molecule has 1 aromatic carbocycles. The van der Waals surface area contributed by atoms with Crippen LogP contribution in [0.15, 0.2) is 12.1 Å². The number of hydrogen-bond donors (Lipinski definition) is 2. The second kappa shape index (κ2) is 7.26. The highest BCUT2D eigenvalue weighted by molar-refractivity contribution is 6.05. The van der Waals surface area contributed by atoms with Gasteiger partial charge in [0.15, 0.2) is 0 Å². The lowest BCUT2D eigenvalue weighted by molar-refractivity contribution is -0.136. The lowest BCUT2D eigenvalue weighted by Crippen LogP contribution is -2.52. The molecule has 1 aromatic rings. The van der Waals surface area contributed by atoms with Gasteiger partial charge < -0.3 is 15.0 Å². The van der Waals surface area contributed by atoms with Crippen LogP contribution in [-0.4, -0.2) is 40.4 Å². The monoisotopic (exact) mass is 387 g/mol. The number of nitrogens with zero attached hydrogens (tertiary/aromatic N) is 1. The molecule has 1 fully saturated rings. The molecule has 0 radical (unpaired) electrons. The number of hydrogen-bond acceptors (Lipinski definition) is 5. The minimum absolute atomic E-state index is 0.223. The summed E-state index contributed by atoms with van der Waals surface area (Å²) in [5, 5.41) is 4.99. The molecule has 8 heteroatoms. The number of rotatable bonds is 3. The Hall–Kier alpha value is -2.90. The van der Waals surface area contributed by atoms with Crippen LogP contribution in [0.3, 0.4) is 0 Å². The first-order valence-electron chi connectivity index (χ1n) is 9.29. The summed E-state index contributed by atoms with van der Waals surface area (Å²) in [5.74, 6) is -0.967. The molecule has 3 rings (SSSR count). The van der Waals surface area contributed by atoms with Gasteiger partial charge in [0.25, 0.3) is 5.91 Å². The van der Waals surface area contributed by atoms with Crippen LogP contribution >= 0.6 is 0 Å². The van der Waals surface area contributed by atoms with Crippen LogP contribution in [0.5, 0.6) is 0 Å². The van der Waals surface area contributed by atoms with Gasteiger partial charge in [0, 0.05) is 25.1 Å². The summed E-state index contributed by atoms with van der Waals surface area (Å²) in [6, 6.07) is 3.02. The molecular weight excluding hydrogens is 362 g/mol. The summed E-state index contributed by atoms with van der Waals surface area (Å²) in [7, 11) is 0. The van der Waals surface area contributed by atoms with Crippen LogP contribution in [0.2, 0.25) is 0 Å². The number of amides is 4. The molecule has 0 bridgehead atoms. The van der Waals surface area contributed by atoms with Gasteiger partial charge in [-0.2, -0.15) is 0 Å². The normalized spacial score (nSPS) is 19.4. The van der Waals surface area contributed by atoms with Crippen LogP contribution < -0.4 is 10.6 Å². The zero-order valence-corrected chi connectivity index (χ0v) is 16.5. The van der Waals surface area contributed by atoms with E-state index < -0.39 is 23.6 Å². The van der Waals surface area contributed by atoms with Crippen molar-refractivity contribution in [2.24, 2.45) is 0 Å². The number of piperidine rings is 1. The molecule has 8 nitrogen and oxygen atoms in total. The molecule has 4 amide bonds. The molecular formula is C20H25N3O5. The van der Waals surface area contributed by atoms with Gasteiger partial charge >= 0.3 is 6.09 Å². The van der Waals surface area contributed by atoms with Gasteiger partial charge in [-0.05, 0) is 56.9 Å². The highest BCUT2D eigenvalue weighted by Crippen LogP contribution is 2.30. The predicted octanol–water partition coefficient (Wildman–Crippen LogP) is 1.78. The van der Waals surface area contributed by atoms with Crippen molar-refractivity contribution in [3.05, 3.63) is 34.4 Å². The Labute approximate surface area is 163 Å². The molecule has 2 heterocycles. The van der Waals surface area contributed by atoms with E-state index in [0.717, 1.165) is 16.7 Å². The maximum absolute atomic E-state index is 12.9. The Morgan fingerprint density at radius 3 is 2.64 bits per heavy atom. The number of aryl methyl sites for hydroxylation is 1. The molecule has 1 atom stereocenters. The molecule has 0 aromatic heterocycles. The van der Waals surface area contributed by atoms with E-state index in [-0.39, 0.29) is 24.8 Å². The predicted molar refractivity (Wildman–Crippen MR) is 100 cm³/mol. The number of fused-ring (bicyclic) bond motifs is 1. The van der Waals surface area contributed by atoms with Gasteiger partial charge in [0.1, 0.15) is 11.6 Å². The van der Waals surface area contributed by atoms with E-state index in [2.05, 4.69) is 10.6 Å². The van der Waals surface area contributed by atoms with E-state index in [0.29, 0.717) is 18.5 Å². The van der Waals surface area contributed by atoms with Crippen LogP contribution in [-0.2, 0) is 27.4 Å². The van der Waals surface area contributed by atoms with Crippen molar-refractivity contribution in [1.29, 1.82) is 0 Å². The maximum Gasteiger partial charge on any atom is 0.407 e. The Morgan fingerprint density at radius 2 is 2.00 bits per heavy atom. The molecule has 2 aliphatic rings. The number of carbonyl (C=O) groups excluding carboxylic acids is 4. The topological polar surface area (TPSA) is 105 Å². The van der Waals surface area contributed by atoms with E-state index >= 15 is 0 Å². The van der Waals surface area contributed by atoms with Gasteiger partial charge in [0.05, 0.1) is 0 Å². The van der Waals surface area contributed by atoms with Crippen molar-refractivity contribution in [3.63, 3.8) is 0 Å². The molecule has 0 saturated carbocycles. The fourth-order valence-corrected chi connectivity index (χ4v) is 3.51. The molecule has 0 aliphatic carbocycles. The highest BCUT2D eigenvalue weighted by atomic mass is 16.6. The van der Waals surface area contributed by atoms with Crippen LogP contribution in [0.4, 0.5) is 4.79 Å². The minimum Gasteiger partial charge on any atom is -0.444 e. The summed E-state index contributed by atoms with van der Waals surface area (Å²) in [6.07, 6.45) is 0.0269. The SMILES string of the molecule is Cc1cc(CNC(=O)OC(C)(C)C)cc2c1CN(C1CCC(=O)NC1=O)C2=O. The largest absolute Gasteiger partial charge is 0.444 e. The van der Waals surface area contributed by atoms with Crippen molar-refractivity contribution >= 4 is 23.8 Å². The number of benzene rings is 1. The minimum atomic E-state index is -0.639. The Balaban J connectivity index is 1.73. The van der Waals surface area contributed by atoms with E-state index in [9.17, 15) is 19.2 Å². The summed E-state index contributed by atoms with van der Waals surface area (Å²) >= 11 is 0. The number of imide groups is 1. The number of nitrogens with one attached hydrogen (secondary N) is 2. The maximum atomic E-state index is 12.9. The number of alkyl carbamates (subject to hydrolysis) is 1. The van der Waals surface area contributed by atoms with Crippen LogP contribution in [0.1, 0.15) is 60.7 Å². The zero-order chi connectivity index (χ0) is 20.6. The fraction of sp³-hybridized carbons (Fsp3) is 0.500. The van der Waals surface area contributed by atoms with Crippen molar-refractivity contribution in [2.45, 2.75) is 65.3 Å². The standard InChI is InChI=1S/C20H25N3O5/c1-11-7-12(9-21-19(27)28-20(2,3)4)8-13-14(11)10-23(18(13)26)15-5-6-16(24)22-17(15)25/h7-8,15H,5-6,9-10H2,1-4H3,(H,21,27)(H,22,24,25). The summed E-state index contributed by atoms with van der Waals surface area (Å²) < 4.78 is 5.22. The van der Waals surface area contributed by atoms with E-state index in [1.807, 2.05) is 13.0 Å². The highest BCUT2D eigenvalue weighted by Gasteiger charge is 2.39. The van der Waals surface area contributed by atoms with Crippen LogP contribution in [0, 0.1) is 6.92 Å². The average molecular weight is 387 g/mol. The molecule has 1 unspecified atom stereocenters. The summed E-state index contributed by atoms with van der Waals surface area (Å²) in [6.45, 7) is 7.83. The second-order valence-electron chi connectivity index (χ2n) is 8.19. The first-order valence-corrected chi connectivity index (χ1v) is 9.29. The quantitative estimate of drug-likeness (QED) is 0.770. The van der Waals surface area contributed by atoms with Gasteiger partial charge in [-0.25, -0.2) is 4.79 Å². The third kappa shape index (κ3) is 4.16. The lowest BCUT2D eigenvalue weighted by Gasteiger charge is -2.29. The van der Waals surface area contributed by atoms with E-state index in [1.165, 1.54) is 4.90 Å². The fourth-order valence-electron chi connectivity index (χ4n) is 3.51. The Morgan fingerprint density at radius 1 is 1.29 bits per heavy atom. The second-order valence-corrected chi connectivity index (χ2v) is 8.19. The average Bonchev–Trinajstić information content (AvgIpc) is 2.89. The Kier molecular flexibility index (Phi) is 5.14. The van der Waals surface area contributed by atoms with E-state index in [4.69, 9.17) is 4.74 Å². The Bertz CT molecular complexity index is 856. The van der Waals surface area contributed by atoms with Crippen molar-refractivity contribution in [3.8, 4) is 0 Å². The van der Waals surface area contributed by atoms with Crippen molar-refractivity contribution in [1.82, 2.24) is 15.5 Å². The number of ether oxygens (including phenoxy) is 1. The van der Waals surface area contributed by atoms with Crippen molar-refractivity contribution in [2.75, 3.05) is 0 Å². The van der Waals surface area contributed by atoms with Crippen LogP contribution in [0.25, 0.3) is 0 Å². The molecule has 2 aliphatic heterocycles. The van der Waals surface area contributed by atoms with Crippen molar-refractivity contribution < 1.29 is 23.9 Å². The molecule has 150 valence electrons. The van der Waals surface area contributed by atoms with Gasteiger partial charge in [0.2, 0.25) is 11.8 Å². The van der Waals surface area contributed by atoms with Gasteiger partial charge in [-0.15, -0.1) is 0 Å². The molecule has 0 spiro atoms. The zero-order valence-electron chi connectivity index (χ0n) is 16.5. The first kappa shape index (κ1) is 19.9. The number of carbonyl (C=O) groups is 4. The smallest absolute Gasteiger partial charge is 0.407 e. The van der Waals surface area contributed by atoms with Gasteiger partial charge in [-0.1, -0.05) is 6.07 Å². The first-order chi connectivity index (χ1) is 13.0. The lowest BCUT2D eigenvalue weighted by atomic mass is 10.0. The van der Waals surface area contributed by atoms with E-state index in [1.54, 1.807) is 26.8 Å². The summed E-state index contributed by atoms with van der Waals surface area (Å²) in [4.78, 5) is 49.8. The third-order valence-corrected chi connectivity index (χ3v) is 4.77. The molecule has 1 saturated heterocycles. The summed E-state index contributed by atoms with van der Waals surface area (Å²) in [5.41, 5.74) is 2.51. The van der Waals surface area contributed by atoms with Gasteiger partial charge in [-0.3, -0.25) is 19.7 Å². The third-order valence-electron chi connectivity index (χ3n) is 4.77. The molecule has 28 heavy (non-hydrogen) atoms.